The Morgan fingerprint density at radius 1 is 1.29 bits per heavy atom. The molecule has 0 saturated carbocycles. The standard InChI is InChI=1S/C16H22ClNO3/c1-19-15-12(9-11-3-5-18-6-4-11)16-14(10-13(15)17)20-7-2-8-21-16/h10-11,18H,2-9H2,1H3. The van der Waals surface area contributed by atoms with Crippen molar-refractivity contribution >= 4 is 11.6 Å². The number of methoxy groups -OCH3 is 1. The molecule has 2 heterocycles. The van der Waals surface area contributed by atoms with Gasteiger partial charge in [0.25, 0.3) is 0 Å². The lowest BCUT2D eigenvalue weighted by molar-refractivity contribution is 0.293. The highest BCUT2D eigenvalue weighted by Crippen LogP contribution is 2.45. The molecule has 0 bridgehead atoms. The van der Waals surface area contributed by atoms with Crippen molar-refractivity contribution < 1.29 is 14.2 Å². The van der Waals surface area contributed by atoms with E-state index in [1.54, 1.807) is 7.11 Å². The summed E-state index contributed by atoms with van der Waals surface area (Å²) in [5.74, 6) is 2.95. The Morgan fingerprint density at radius 2 is 2.05 bits per heavy atom. The highest BCUT2D eigenvalue weighted by Gasteiger charge is 2.25. The highest BCUT2D eigenvalue weighted by molar-refractivity contribution is 6.32. The maximum absolute atomic E-state index is 6.36. The molecule has 0 unspecified atom stereocenters. The van der Waals surface area contributed by atoms with Crippen LogP contribution in [0, 0.1) is 5.92 Å². The molecule has 1 saturated heterocycles. The topological polar surface area (TPSA) is 39.7 Å². The summed E-state index contributed by atoms with van der Waals surface area (Å²) < 4.78 is 17.3. The van der Waals surface area contributed by atoms with Crippen LogP contribution in [-0.4, -0.2) is 33.4 Å². The number of halogens is 1. The third kappa shape index (κ3) is 3.22. The Bertz CT molecular complexity index is 501. The first-order chi connectivity index (χ1) is 10.3. The van der Waals surface area contributed by atoms with Gasteiger partial charge in [-0.15, -0.1) is 0 Å². The molecule has 1 aromatic rings. The van der Waals surface area contributed by atoms with E-state index >= 15 is 0 Å². The van der Waals surface area contributed by atoms with E-state index in [4.69, 9.17) is 25.8 Å². The van der Waals surface area contributed by atoms with Gasteiger partial charge in [-0.2, -0.15) is 0 Å². The monoisotopic (exact) mass is 311 g/mol. The smallest absolute Gasteiger partial charge is 0.168 e. The Kier molecular flexibility index (Phi) is 4.76. The predicted octanol–water partition coefficient (Wildman–Crippen LogP) is 3.05. The number of benzene rings is 1. The fraction of sp³-hybridized carbons (Fsp3) is 0.625. The molecule has 5 heteroatoms. The average Bonchev–Trinajstić information content (AvgIpc) is 2.73. The minimum atomic E-state index is 0.602. The summed E-state index contributed by atoms with van der Waals surface area (Å²) in [6, 6.07) is 1.81. The molecule has 0 amide bonds. The lowest BCUT2D eigenvalue weighted by atomic mass is 9.90. The molecule has 0 atom stereocenters. The Balaban J connectivity index is 1.96. The van der Waals surface area contributed by atoms with Gasteiger partial charge in [0.1, 0.15) is 5.75 Å². The van der Waals surface area contributed by atoms with Crippen molar-refractivity contribution in [2.45, 2.75) is 25.7 Å². The van der Waals surface area contributed by atoms with Crippen molar-refractivity contribution in [3.63, 3.8) is 0 Å². The number of nitrogens with one attached hydrogen (secondary N) is 1. The van der Waals surface area contributed by atoms with Crippen LogP contribution >= 0.6 is 11.6 Å². The summed E-state index contributed by atoms with van der Waals surface area (Å²) in [7, 11) is 1.66. The second-order valence-electron chi connectivity index (χ2n) is 5.65. The number of fused-ring (bicyclic) bond motifs is 1. The molecule has 1 aromatic carbocycles. The van der Waals surface area contributed by atoms with Gasteiger partial charge in [0, 0.05) is 18.1 Å². The zero-order valence-electron chi connectivity index (χ0n) is 12.4. The van der Waals surface area contributed by atoms with Gasteiger partial charge in [-0.3, -0.25) is 0 Å². The van der Waals surface area contributed by atoms with Crippen LogP contribution in [0.3, 0.4) is 0 Å². The van der Waals surface area contributed by atoms with Crippen molar-refractivity contribution in [1.82, 2.24) is 5.32 Å². The first-order valence-corrected chi connectivity index (χ1v) is 8.03. The van der Waals surface area contributed by atoms with Gasteiger partial charge in [-0.25, -0.2) is 0 Å². The van der Waals surface area contributed by atoms with E-state index in [1.165, 1.54) is 12.8 Å². The van der Waals surface area contributed by atoms with Crippen molar-refractivity contribution in [2.75, 3.05) is 33.4 Å². The second-order valence-corrected chi connectivity index (χ2v) is 6.05. The lowest BCUT2D eigenvalue weighted by Gasteiger charge is -2.25. The first-order valence-electron chi connectivity index (χ1n) is 7.65. The maximum Gasteiger partial charge on any atom is 0.168 e. The third-order valence-corrected chi connectivity index (χ3v) is 4.48. The van der Waals surface area contributed by atoms with E-state index in [-0.39, 0.29) is 0 Å². The molecule has 2 aliphatic rings. The van der Waals surface area contributed by atoms with Gasteiger partial charge < -0.3 is 19.5 Å². The van der Waals surface area contributed by atoms with Crippen LogP contribution in [0.5, 0.6) is 17.2 Å². The molecular weight excluding hydrogens is 290 g/mol. The first kappa shape index (κ1) is 14.8. The van der Waals surface area contributed by atoms with Gasteiger partial charge in [0.15, 0.2) is 11.5 Å². The van der Waals surface area contributed by atoms with Crippen LogP contribution in [0.2, 0.25) is 5.02 Å². The van der Waals surface area contributed by atoms with Crippen LogP contribution in [-0.2, 0) is 6.42 Å². The minimum Gasteiger partial charge on any atom is -0.495 e. The Labute approximate surface area is 130 Å². The molecule has 0 aromatic heterocycles. The van der Waals surface area contributed by atoms with Crippen LogP contribution < -0.4 is 19.5 Å². The van der Waals surface area contributed by atoms with Gasteiger partial charge in [-0.05, 0) is 38.3 Å². The summed E-state index contributed by atoms with van der Waals surface area (Å²) >= 11 is 6.36. The molecule has 3 rings (SSSR count). The summed E-state index contributed by atoms with van der Waals surface area (Å²) in [4.78, 5) is 0. The summed E-state index contributed by atoms with van der Waals surface area (Å²) in [6.45, 7) is 3.50. The van der Waals surface area contributed by atoms with Crippen LogP contribution in [0.15, 0.2) is 6.07 Å². The lowest BCUT2D eigenvalue weighted by Crippen LogP contribution is -2.28. The quantitative estimate of drug-likeness (QED) is 0.931. The third-order valence-electron chi connectivity index (χ3n) is 4.19. The molecule has 0 radical (unpaired) electrons. The van der Waals surface area contributed by atoms with Crippen molar-refractivity contribution in [3.8, 4) is 17.2 Å². The van der Waals surface area contributed by atoms with Gasteiger partial charge in [0.05, 0.1) is 25.3 Å². The molecule has 116 valence electrons. The van der Waals surface area contributed by atoms with E-state index in [9.17, 15) is 0 Å². The minimum absolute atomic E-state index is 0.602. The molecular formula is C16H22ClNO3. The predicted molar refractivity (Wildman–Crippen MR) is 82.9 cm³/mol. The average molecular weight is 312 g/mol. The van der Waals surface area contributed by atoms with Crippen LogP contribution in [0.1, 0.15) is 24.8 Å². The fourth-order valence-electron chi connectivity index (χ4n) is 3.10. The van der Waals surface area contributed by atoms with E-state index in [0.29, 0.717) is 24.2 Å². The molecule has 1 N–H and O–H groups in total. The molecule has 21 heavy (non-hydrogen) atoms. The zero-order valence-corrected chi connectivity index (χ0v) is 13.2. The van der Waals surface area contributed by atoms with E-state index in [2.05, 4.69) is 5.32 Å². The van der Waals surface area contributed by atoms with Crippen molar-refractivity contribution in [2.24, 2.45) is 5.92 Å². The number of hydrogen-bond donors (Lipinski definition) is 1. The van der Waals surface area contributed by atoms with Gasteiger partial charge >= 0.3 is 0 Å². The fourth-order valence-corrected chi connectivity index (χ4v) is 3.39. The van der Waals surface area contributed by atoms with E-state index in [0.717, 1.165) is 48.7 Å². The normalized spacial score (nSPS) is 19.1. The molecule has 2 aliphatic heterocycles. The van der Waals surface area contributed by atoms with Crippen LogP contribution in [0.4, 0.5) is 0 Å². The largest absolute Gasteiger partial charge is 0.495 e. The van der Waals surface area contributed by atoms with Crippen LogP contribution in [0.25, 0.3) is 0 Å². The Morgan fingerprint density at radius 3 is 2.81 bits per heavy atom. The number of ether oxygens (including phenoxy) is 3. The summed E-state index contributed by atoms with van der Waals surface area (Å²) in [5, 5.41) is 4.00. The SMILES string of the molecule is COc1c(Cl)cc2c(c1CC1CCNCC1)OCCCO2. The van der Waals surface area contributed by atoms with Gasteiger partial charge in [0.2, 0.25) is 0 Å². The molecule has 0 aliphatic carbocycles. The van der Waals surface area contributed by atoms with Crippen molar-refractivity contribution in [3.05, 3.63) is 16.7 Å². The molecule has 4 nitrogen and oxygen atoms in total. The molecule has 0 spiro atoms. The van der Waals surface area contributed by atoms with E-state index in [1.807, 2.05) is 6.07 Å². The maximum atomic E-state index is 6.36. The van der Waals surface area contributed by atoms with Gasteiger partial charge in [-0.1, -0.05) is 11.6 Å². The number of rotatable bonds is 3. The zero-order chi connectivity index (χ0) is 14.7. The summed E-state index contributed by atoms with van der Waals surface area (Å²) in [5.41, 5.74) is 1.06. The second kappa shape index (κ2) is 6.75. The Hall–Kier alpha value is -1.13. The number of hydrogen-bond acceptors (Lipinski definition) is 4. The number of piperidine rings is 1. The molecule has 1 fully saturated rings. The highest BCUT2D eigenvalue weighted by atomic mass is 35.5. The van der Waals surface area contributed by atoms with E-state index < -0.39 is 0 Å². The van der Waals surface area contributed by atoms with Crippen molar-refractivity contribution in [1.29, 1.82) is 0 Å². The summed E-state index contributed by atoms with van der Waals surface area (Å²) in [6.07, 6.45) is 4.16.